The van der Waals surface area contributed by atoms with Gasteiger partial charge in [-0.15, -0.1) is 0 Å². The van der Waals surface area contributed by atoms with E-state index in [1.807, 2.05) is 29.6 Å². The first-order chi connectivity index (χ1) is 20.3. The van der Waals surface area contributed by atoms with Crippen molar-refractivity contribution in [2.45, 2.75) is 55.4 Å². The third-order valence-corrected chi connectivity index (χ3v) is 8.49. The highest BCUT2D eigenvalue weighted by molar-refractivity contribution is 7.90. The molecule has 3 amide bonds. The first-order valence-corrected chi connectivity index (χ1v) is 15.7. The monoisotopic (exact) mass is 613 g/mol. The number of carbonyl (C=O) groups is 3. The highest BCUT2D eigenvalue weighted by Gasteiger charge is 2.39. The minimum Gasteiger partial charge on any atom is -0.477 e. The zero-order valence-electron chi connectivity index (χ0n) is 23.6. The molecule has 0 aromatic heterocycles. The molecule has 1 saturated carbocycles. The fourth-order valence-corrected chi connectivity index (χ4v) is 5.62. The summed E-state index contributed by atoms with van der Waals surface area (Å²) in [7, 11) is -3.49. The van der Waals surface area contributed by atoms with Gasteiger partial charge in [0.25, 0.3) is 5.91 Å². The maximum Gasteiger partial charge on any atom is 0.376 e. The number of rotatable bonds is 10. The van der Waals surface area contributed by atoms with E-state index in [2.05, 4.69) is 5.32 Å². The van der Waals surface area contributed by atoms with E-state index >= 15 is 0 Å². The summed E-state index contributed by atoms with van der Waals surface area (Å²) < 4.78 is 50.7. The second-order valence-corrected chi connectivity index (χ2v) is 12.6. The van der Waals surface area contributed by atoms with Gasteiger partial charge in [-0.05, 0) is 72.4 Å². The molecule has 12 heteroatoms. The van der Waals surface area contributed by atoms with Gasteiger partial charge in [0.1, 0.15) is 0 Å². The number of nitrogens with zero attached hydrogens (tertiary/aromatic N) is 1. The maximum absolute atomic E-state index is 13.6. The summed E-state index contributed by atoms with van der Waals surface area (Å²) in [5.74, 6) is -6.84. The number of hydrogen-bond acceptors (Lipinski definition) is 5. The van der Waals surface area contributed by atoms with Crippen LogP contribution >= 0.6 is 0 Å². The Hall–Kier alpha value is -4.32. The number of aliphatic carboxylic acids is 1. The van der Waals surface area contributed by atoms with Gasteiger partial charge in [-0.1, -0.05) is 49.6 Å². The zero-order chi connectivity index (χ0) is 31.2. The van der Waals surface area contributed by atoms with E-state index in [1.165, 1.54) is 60.1 Å². The topological polar surface area (TPSA) is 133 Å². The molecule has 0 atom stereocenters. The van der Waals surface area contributed by atoms with Gasteiger partial charge >= 0.3 is 17.9 Å². The molecule has 0 bridgehead atoms. The fraction of sp³-hybridized carbons (Fsp3) is 0.323. The van der Waals surface area contributed by atoms with Crippen molar-refractivity contribution < 1.29 is 36.7 Å². The van der Waals surface area contributed by atoms with Crippen molar-refractivity contribution in [3.05, 3.63) is 89.5 Å². The van der Waals surface area contributed by atoms with Crippen LogP contribution in [0.3, 0.4) is 0 Å². The lowest BCUT2D eigenvalue weighted by atomic mass is 9.84. The molecule has 0 aliphatic heterocycles. The molecule has 0 radical (unpaired) electrons. The smallest absolute Gasteiger partial charge is 0.376 e. The Morgan fingerprint density at radius 2 is 1.60 bits per heavy atom. The highest BCUT2D eigenvalue weighted by Crippen LogP contribution is 2.33. The standard InChI is InChI=1S/C31H33F2N3O6S/c1-43(41,42)27-9-5-8-25(18-27)35-30(40)36(26-16-14-23(15-17-26)22-6-3-2-4-7-22)19-21-10-12-24(13-11-21)28(37)34-20-31(32,33)29(38)39/h5,8-18,22H,2-4,6-7,19-20H2,1H3,(H,34,37)(H,35,40)(H,38,39). The van der Waals surface area contributed by atoms with Crippen molar-refractivity contribution in [1.82, 2.24) is 5.32 Å². The van der Waals surface area contributed by atoms with E-state index in [-0.39, 0.29) is 17.0 Å². The molecule has 0 saturated heterocycles. The maximum atomic E-state index is 13.6. The van der Waals surface area contributed by atoms with Crippen LogP contribution in [0.25, 0.3) is 0 Å². The van der Waals surface area contributed by atoms with E-state index < -0.39 is 40.2 Å². The van der Waals surface area contributed by atoms with Crippen LogP contribution in [-0.2, 0) is 21.2 Å². The quantitative estimate of drug-likeness (QED) is 0.264. The van der Waals surface area contributed by atoms with Crippen LogP contribution < -0.4 is 15.5 Å². The molecule has 1 fully saturated rings. The van der Waals surface area contributed by atoms with Crippen molar-refractivity contribution in [1.29, 1.82) is 0 Å². The van der Waals surface area contributed by atoms with Gasteiger partial charge in [0.2, 0.25) is 0 Å². The third-order valence-electron chi connectivity index (χ3n) is 7.38. The Morgan fingerprint density at radius 1 is 0.953 bits per heavy atom. The minimum absolute atomic E-state index is 0.0374. The van der Waals surface area contributed by atoms with Crippen LogP contribution in [0.5, 0.6) is 0 Å². The number of sulfone groups is 1. The third kappa shape index (κ3) is 8.38. The number of halogens is 2. The fourth-order valence-electron chi connectivity index (χ4n) is 4.95. The summed E-state index contributed by atoms with van der Waals surface area (Å²) in [5, 5.41) is 13.2. The van der Waals surface area contributed by atoms with Crippen LogP contribution in [0.4, 0.5) is 25.0 Å². The summed E-state index contributed by atoms with van der Waals surface area (Å²) in [6, 6.07) is 19.1. The van der Waals surface area contributed by atoms with Crippen LogP contribution in [-0.4, -0.2) is 50.2 Å². The minimum atomic E-state index is -4.10. The van der Waals surface area contributed by atoms with E-state index in [4.69, 9.17) is 5.11 Å². The molecule has 0 unspecified atom stereocenters. The molecule has 9 nitrogen and oxygen atoms in total. The summed E-state index contributed by atoms with van der Waals surface area (Å²) in [5.41, 5.74) is 2.74. The van der Waals surface area contributed by atoms with Crippen molar-refractivity contribution in [3.63, 3.8) is 0 Å². The molecular weight excluding hydrogens is 580 g/mol. The van der Waals surface area contributed by atoms with Gasteiger partial charge in [-0.25, -0.2) is 18.0 Å². The number of carboxylic acids is 1. The van der Waals surface area contributed by atoms with Gasteiger partial charge < -0.3 is 15.7 Å². The number of benzene rings is 3. The Bertz CT molecular complexity index is 1570. The molecule has 0 heterocycles. The molecule has 0 spiro atoms. The van der Waals surface area contributed by atoms with Gasteiger partial charge in [-0.3, -0.25) is 9.69 Å². The Labute approximate surface area is 248 Å². The van der Waals surface area contributed by atoms with Gasteiger partial charge in [-0.2, -0.15) is 8.78 Å². The first kappa shape index (κ1) is 31.6. The molecule has 3 aromatic carbocycles. The van der Waals surface area contributed by atoms with Crippen LogP contribution in [0.15, 0.2) is 77.7 Å². The summed E-state index contributed by atoms with van der Waals surface area (Å²) in [6.07, 6.45) is 6.92. The summed E-state index contributed by atoms with van der Waals surface area (Å²) >= 11 is 0. The van der Waals surface area contributed by atoms with Gasteiger partial charge in [0.15, 0.2) is 9.84 Å². The molecule has 4 rings (SSSR count). The lowest BCUT2D eigenvalue weighted by Crippen LogP contribution is -2.42. The lowest BCUT2D eigenvalue weighted by molar-refractivity contribution is -0.163. The summed E-state index contributed by atoms with van der Waals surface area (Å²) in [6.45, 7) is -1.28. The zero-order valence-corrected chi connectivity index (χ0v) is 24.4. The Kier molecular flexibility index (Phi) is 9.80. The predicted octanol–water partition coefficient (Wildman–Crippen LogP) is 5.83. The first-order valence-electron chi connectivity index (χ1n) is 13.8. The average molecular weight is 614 g/mol. The molecule has 3 N–H and O–H groups in total. The number of urea groups is 1. The highest BCUT2D eigenvalue weighted by atomic mass is 32.2. The number of carbonyl (C=O) groups excluding carboxylic acids is 2. The van der Waals surface area contributed by atoms with E-state index in [0.29, 0.717) is 22.9 Å². The molecule has 1 aliphatic carbocycles. The van der Waals surface area contributed by atoms with E-state index in [0.717, 1.165) is 19.1 Å². The number of amides is 3. The molecule has 1 aliphatic rings. The van der Waals surface area contributed by atoms with E-state index in [9.17, 15) is 31.6 Å². The number of hydrogen-bond donors (Lipinski definition) is 3. The average Bonchev–Trinajstić information content (AvgIpc) is 2.99. The second kappa shape index (κ2) is 13.3. The van der Waals surface area contributed by atoms with Gasteiger partial charge in [0, 0.05) is 23.2 Å². The van der Waals surface area contributed by atoms with Crippen molar-refractivity contribution in [3.8, 4) is 0 Å². The van der Waals surface area contributed by atoms with Crippen molar-refractivity contribution in [2.75, 3.05) is 23.0 Å². The Balaban J connectivity index is 1.55. The predicted molar refractivity (Wildman–Crippen MR) is 158 cm³/mol. The molecular formula is C31H33F2N3O6S. The van der Waals surface area contributed by atoms with Crippen molar-refractivity contribution >= 4 is 39.1 Å². The molecule has 3 aromatic rings. The SMILES string of the molecule is CS(=O)(=O)c1cccc(NC(=O)N(Cc2ccc(C(=O)NCC(F)(F)C(=O)O)cc2)c2ccc(C3CCCCC3)cc2)c1. The van der Waals surface area contributed by atoms with Crippen molar-refractivity contribution in [2.24, 2.45) is 0 Å². The van der Waals surface area contributed by atoms with Crippen LogP contribution in [0, 0.1) is 0 Å². The Morgan fingerprint density at radius 3 is 2.21 bits per heavy atom. The van der Waals surface area contributed by atoms with Crippen LogP contribution in [0.1, 0.15) is 59.5 Å². The van der Waals surface area contributed by atoms with Gasteiger partial charge in [0.05, 0.1) is 18.0 Å². The van der Waals surface area contributed by atoms with Crippen LogP contribution in [0.2, 0.25) is 0 Å². The van der Waals surface area contributed by atoms with E-state index in [1.54, 1.807) is 18.2 Å². The summed E-state index contributed by atoms with van der Waals surface area (Å²) in [4.78, 5) is 38.0. The number of carboxylic acid groups (broad SMARTS) is 1. The lowest BCUT2D eigenvalue weighted by Gasteiger charge is -2.26. The number of anilines is 2. The second-order valence-electron chi connectivity index (χ2n) is 10.6. The molecule has 43 heavy (non-hydrogen) atoms. The number of alkyl halides is 2. The number of nitrogens with one attached hydrogen (secondary N) is 2. The molecule has 228 valence electrons. The largest absolute Gasteiger partial charge is 0.477 e. The normalized spacial score (nSPS) is 14.1.